The Hall–Kier alpha value is -2.47. The predicted molar refractivity (Wildman–Crippen MR) is 119 cm³/mol. The fourth-order valence-corrected chi connectivity index (χ4v) is 4.95. The highest BCUT2D eigenvalue weighted by atomic mass is 16.5. The van der Waals surface area contributed by atoms with Crippen LogP contribution in [-0.2, 0) is 11.3 Å². The van der Waals surface area contributed by atoms with Crippen LogP contribution in [0, 0.1) is 13.8 Å². The van der Waals surface area contributed by atoms with E-state index in [0.29, 0.717) is 6.04 Å². The number of ether oxygens (including phenoxy) is 1. The highest BCUT2D eigenvalue weighted by Gasteiger charge is 2.28. The van der Waals surface area contributed by atoms with E-state index in [0.717, 1.165) is 43.0 Å². The van der Waals surface area contributed by atoms with E-state index in [9.17, 15) is 0 Å². The van der Waals surface area contributed by atoms with Gasteiger partial charge in [-0.05, 0) is 57.1 Å². The Kier molecular flexibility index (Phi) is 5.42. The zero-order chi connectivity index (χ0) is 20.5. The summed E-state index contributed by atoms with van der Waals surface area (Å²) in [5, 5.41) is 0. The maximum absolute atomic E-state index is 6.00. The Labute approximate surface area is 178 Å². The lowest BCUT2D eigenvalue weighted by molar-refractivity contribution is -0.0298. The van der Waals surface area contributed by atoms with Crippen LogP contribution in [-0.4, -0.2) is 32.2 Å². The number of aryl methyl sites for hydroxylation is 2. The summed E-state index contributed by atoms with van der Waals surface area (Å²) in [6.07, 6.45) is 11.9. The summed E-state index contributed by atoms with van der Waals surface area (Å²) in [5.74, 6) is 0.961. The monoisotopic (exact) mass is 405 g/mol. The zero-order valence-corrected chi connectivity index (χ0v) is 18.0. The standard InChI is InChI=1S/C24H31N5O/c1-17-10-11-18(2)19(13-17)14-28(20-7-3-4-8-20)23-22-24(26-15-25-23)29(16-27-22)21-9-5-6-12-30-21/h10-11,13,15-16,20-21H,3-9,12,14H2,1-2H3. The van der Waals surface area contributed by atoms with Gasteiger partial charge in [-0.1, -0.05) is 36.6 Å². The molecule has 1 aromatic carbocycles. The normalized spacial score (nSPS) is 20.1. The van der Waals surface area contributed by atoms with Crippen LogP contribution in [0.5, 0.6) is 0 Å². The van der Waals surface area contributed by atoms with Crippen molar-refractivity contribution in [1.29, 1.82) is 0 Å². The maximum atomic E-state index is 6.00. The van der Waals surface area contributed by atoms with Crippen molar-refractivity contribution in [2.24, 2.45) is 0 Å². The minimum atomic E-state index is 0.0328. The summed E-state index contributed by atoms with van der Waals surface area (Å²) >= 11 is 0. The molecule has 0 radical (unpaired) electrons. The summed E-state index contributed by atoms with van der Waals surface area (Å²) in [7, 11) is 0. The number of imidazole rings is 1. The first kappa shape index (κ1) is 19.5. The van der Waals surface area contributed by atoms with Crippen LogP contribution in [0.25, 0.3) is 11.2 Å². The van der Waals surface area contributed by atoms with Crippen LogP contribution in [0.15, 0.2) is 30.9 Å². The number of rotatable bonds is 5. The minimum Gasteiger partial charge on any atom is -0.358 e. The Morgan fingerprint density at radius 2 is 1.87 bits per heavy atom. The van der Waals surface area contributed by atoms with Gasteiger partial charge >= 0.3 is 0 Å². The number of anilines is 1. The topological polar surface area (TPSA) is 56.1 Å². The second-order valence-corrected chi connectivity index (χ2v) is 8.84. The van der Waals surface area contributed by atoms with Crippen LogP contribution in [0.3, 0.4) is 0 Å². The zero-order valence-electron chi connectivity index (χ0n) is 18.0. The van der Waals surface area contributed by atoms with E-state index in [1.807, 2.05) is 6.33 Å². The van der Waals surface area contributed by atoms with Gasteiger partial charge in [0.25, 0.3) is 0 Å². The molecule has 1 aliphatic heterocycles. The Balaban J connectivity index is 1.55. The Bertz CT molecular complexity index is 1020. The van der Waals surface area contributed by atoms with E-state index in [2.05, 4.69) is 46.5 Å². The number of aromatic nitrogens is 4. The highest BCUT2D eigenvalue weighted by molar-refractivity contribution is 5.83. The molecule has 2 fully saturated rings. The number of hydrogen-bond donors (Lipinski definition) is 0. The van der Waals surface area contributed by atoms with Crippen LogP contribution >= 0.6 is 0 Å². The van der Waals surface area contributed by atoms with E-state index in [1.54, 1.807) is 6.33 Å². The van der Waals surface area contributed by atoms with Crippen molar-refractivity contribution < 1.29 is 4.74 Å². The molecular formula is C24H31N5O. The molecule has 0 N–H and O–H groups in total. The van der Waals surface area contributed by atoms with Gasteiger partial charge in [-0.3, -0.25) is 4.57 Å². The van der Waals surface area contributed by atoms with Crippen molar-refractivity contribution in [3.05, 3.63) is 47.5 Å². The molecule has 3 heterocycles. The van der Waals surface area contributed by atoms with Gasteiger partial charge in [-0.15, -0.1) is 0 Å². The summed E-state index contributed by atoms with van der Waals surface area (Å²) in [5.41, 5.74) is 5.77. The molecule has 1 aliphatic carbocycles. The largest absolute Gasteiger partial charge is 0.358 e. The molecule has 1 saturated carbocycles. The van der Waals surface area contributed by atoms with E-state index in [4.69, 9.17) is 14.7 Å². The molecule has 0 bridgehead atoms. The van der Waals surface area contributed by atoms with Crippen molar-refractivity contribution in [3.63, 3.8) is 0 Å². The average Bonchev–Trinajstić information content (AvgIpc) is 3.45. The van der Waals surface area contributed by atoms with Gasteiger partial charge in [-0.25, -0.2) is 15.0 Å². The van der Waals surface area contributed by atoms with E-state index < -0.39 is 0 Å². The predicted octanol–water partition coefficient (Wildman–Crippen LogP) is 5.09. The van der Waals surface area contributed by atoms with Gasteiger partial charge in [0, 0.05) is 19.2 Å². The van der Waals surface area contributed by atoms with Gasteiger partial charge in [0.1, 0.15) is 12.6 Å². The summed E-state index contributed by atoms with van der Waals surface area (Å²) in [6.45, 7) is 6.03. The summed E-state index contributed by atoms with van der Waals surface area (Å²) in [6, 6.07) is 7.22. The molecule has 0 spiro atoms. The molecule has 30 heavy (non-hydrogen) atoms. The number of hydrogen-bond acceptors (Lipinski definition) is 5. The molecule has 1 saturated heterocycles. The lowest BCUT2D eigenvalue weighted by atomic mass is 10.0. The minimum absolute atomic E-state index is 0.0328. The average molecular weight is 406 g/mol. The molecule has 0 amide bonds. The molecule has 3 aromatic rings. The third-order valence-electron chi connectivity index (χ3n) is 6.69. The van der Waals surface area contributed by atoms with Crippen LogP contribution in [0.2, 0.25) is 0 Å². The van der Waals surface area contributed by atoms with Gasteiger partial charge in [0.05, 0.1) is 6.33 Å². The van der Waals surface area contributed by atoms with Gasteiger partial charge in [0.2, 0.25) is 0 Å². The molecule has 5 rings (SSSR count). The van der Waals surface area contributed by atoms with Crippen molar-refractivity contribution in [1.82, 2.24) is 19.5 Å². The second kappa shape index (κ2) is 8.34. The molecule has 2 aromatic heterocycles. The van der Waals surface area contributed by atoms with Crippen molar-refractivity contribution in [2.45, 2.75) is 77.6 Å². The van der Waals surface area contributed by atoms with Gasteiger partial charge < -0.3 is 9.64 Å². The van der Waals surface area contributed by atoms with Crippen molar-refractivity contribution in [2.75, 3.05) is 11.5 Å². The molecule has 2 aliphatic rings. The van der Waals surface area contributed by atoms with E-state index in [-0.39, 0.29) is 6.23 Å². The smallest absolute Gasteiger partial charge is 0.167 e. The van der Waals surface area contributed by atoms with Crippen molar-refractivity contribution in [3.8, 4) is 0 Å². The SMILES string of the molecule is Cc1ccc(C)c(CN(c2ncnc3c2ncn3C2CCCCO2)C2CCCC2)c1. The van der Waals surface area contributed by atoms with Gasteiger partial charge in [-0.2, -0.15) is 0 Å². The maximum Gasteiger partial charge on any atom is 0.167 e. The quantitative estimate of drug-likeness (QED) is 0.592. The molecule has 6 nitrogen and oxygen atoms in total. The third kappa shape index (κ3) is 3.69. The van der Waals surface area contributed by atoms with E-state index >= 15 is 0 Å². The van der Waals surface area contributed by atoms with Crippen LogP contribution in [0.4, 0.5) is 5.82 Å². The summed E-state index contributed by atoms with van der Waals surface area (Å²) < 4.78 is 8.11. The first-order chi connectivity index (χ1) is 14.7. The molecule has 158 valence electrons. The lowest BCUT2D eigenvalue weighted by Crippen LogP contribution is -2.34. The van der Waals surface area contributed by atoms with Crippen LogP contribution < -0.4 is 4.90 Å². The lowest BCUT2D eigenvalue weighted by Gasteiger charge is -2.31. The van der Waals surface area contributed by atoms with Crippen LogP contribution in [0.1, 0.15) is 67.9 Å². The molecule has 6 heteroatoms. The fourth-order valence-electron chi connectivity index (χ4n) is 4.95. The first-order valence-electron chi connectivity index (χ1n) is 11.3. The second-order valence-electron chi connectivity index (χ2n) is 8.84. The van der Waals surface area contributed by atoms with Gasteiger partial charge in [0.15, 0.2) is 17.0 Å². The number of benzene rings is 1. The summed E-state index contributed by atoms with van der Waals surface area (Å²) in [4.78, 5) is 16.6. The fraction of sp³-hybridized carbons (Fsp3) is 0.542. The molecule has 1 atom stereocenters. The third-order valence-corrected chi connectivity index (χ3v) is 6.69. The Morgan fingerprint density at radius 3 is 2.67 bits per heavy atom. The Morgan fingerprint density at radius 1 is 1.03 bits per heavy atom. The number of fused-ring (bicyclic) bond motifs is 1. The number of nitrogens with zero attached hydrogens (tertiary/aromatic N) is 5. The van der Waals surface area contributed by atoms with E-state index in [1.165, 1.54) is 48.8 Å². The highest BCUT2D eigenvalue weighted by Crippen LogP contribution is 2.34. The molecular weight excluding hydrogens is 374 g/mol. The molecule has 1 unspecified atom stereocenters. The first-order valence-corrected chi connectivity index (χ1v) is 11.3. The van der Waals surface area contributed by atoms with Crippen molar-refractivity contribution >= 4 is 17.0 Å².